The highest BCUT2D eigenvalue weighted by atomic mass is 16.5. The summed E-state index contributed by atoms with van der Waals surface area (Å²) in [6, 6.07) is -0.321. The van der Waals surface area contributed by atoms with Crippen molar-refractivity contribution in [3.63, 3.8) is 0 Å². The van der Waals surface area contributed by atoms with Gasteiger partial charge in [-0.1, -0.05) is 5.16 Å². The van der Waals surface area contributed by atoms with Crippen LogP contribution in [0.1, 0.15) is 5.82 Å². The first-order valence-corrected chi connectivity index (χ1v) is 5.79. The maximum absolute atomic E-state index is 11.8. The largest absolute Gasteiger partial charge is 0.479 e. The Balaban J connectivity index is 1.74. The Bertz CT molecular complexity index is 435. The second-order valence-electron chi connectivity index (χ2n) is 3.97. The normalized spacial score (nSPS) is 19.2. The molecule has 1 aliphatic heterocycles. The maximum atomic E-state index is 11.8. The van der Waals surface area contributed by atoms with E-state index in [4.69, 9.17) is 9.84 Å². The molecule has 9 heteroatoms. The van der Waals surface area contributed by atoms with Gasteiger partial charge >= 0.3 is 12.0 Å². The minimum atomic E-state index is -1.07. The van der Waals surface area contributed by atoms with Gasteiger partial charge in [-0.2, -0.15) is 4.98 Å². The van der Waals surface area contributed by atoms with Crippen LogP contribution in [0.25, 0.3) is 0 Å². The number of carbonyl (C=O) groups is 2. The first kappa shape index (κ1) is 13.3. The van der Waals surface area contributed by atoms with E-state index in [1.165, 1.54) is 11.3 Å². The van der Waals surface area contributed by atoms with Crippen LogP contribution in [0.4, 0.5) is 4.79 Å². The highest BCUT2D eigenvalue weighted by molar-refractivity contribution is 5.77. The summed E-state index contributed by atoms with van der Waals surface area (Å²) in [4.78, 5) is 27.8. The molecule has 104 valence electrons. The number of aliphatic carboxylic acids is 1. The second kappa shape index (κ2) is 6.14. The third-order valence-corrected chi connectivity index (χ3v) is 2.66. The molecule has 2 rings (SSSR count). The van der Waals surface area contributed by atoms with Crippen LogP contribution in [0, 0.1) is 0 Å². The summed E-state index contributed by atoms with van der Waals surface area (Å²) in [6.07, 6.45) is 0.711. The van der Waals surface area contributed by atoms with Gasteiger partial charge in [-0.05, 0) is 0 Å². The highest BCUT2D eigenvalue weighted by Crippen LogP contribution is 2.05. The van der Waals surface area contributed by atoms with E-state index in [1.807, 2.05) is 0 Å². The number of aromatic nitrogens is 2. The lowest BCUT2D eigenvalue weighted by molar-refractivity contribution is -0.154. The topological polar surface area (TPSA) is 118 Å². The van der Waals surface area contributed by atoms with Gasteiger partial charge in [-0.25, -0.2) is 9.59 Å². The number of rotatable bonds is 4. The number of hydrogen-bond donors (Lipinski definition) is 2. The number of carboxylic acid groups (broad SMARTS) is 1. The molecule has 19 heavy (non-hydrogen) atoms. The molecule has 2 amide bonds. The first-order valence-electron chi connectivity index (χ1n) is 5.79. The monoisotopic (exact) mass is 270 g/mol. The van der Waals surface area contributed by atoms with E-state index < -0.39 is 12.1 Å². The van der Waals surface area contributed by atoms with E-state index in [9.17, 15) is 9.59 Å². The first-order chi connectivity index (χ1) is 9.16. The molecule has 2 N–H and O–H groups in total. The zero-order valence-electron chi connectivity index (χ0n) is 10.1. The van der Waals surface area contributed by atoms with Gasteiger partial charge in [-0.3, -0.25) is 0 Å². The van der Waals surface area contributed by atoms with Crippen molar-refractivity contribution in [1.82, 2.24) is 20.4 Å². The standard InChI is InChI=1S/C10H14N4O5/c15-9(16)7-5-14(3-4-18-7)10(17)11-2-1-8-12-6-19-13-8/h6-7H,1-5H2,(H,11,17)(H,15,16). The Morgan fingerprint density at radius 1 is 1.58 bits per heavy atom. The summed E-state index contributed by atoms with van der Waals surface area (Å²) in [5, 5.41) is 15.1. The number of amides is 2. The predicted molar refractivity (Wildman–Crippen MR) is 60.3 cm³/mol. The molecule has 0 aliphatic carbocycles. The van der Waals surface area contributed by atoms with E-state index in [0.29, 0.717) is 25.3 Å². The number of carboxylic acids is 1. The molecule has 0 radical (unpaired) electrons. The van der Waals surface area contributed by atoms with Crippen LogP contribution in [0.2, 0.25) is 0 Å². The van der Waals surface area contributed by atoms with E-state index in [2.05, 4.69) is 20.0 Å². The van der Waals surface area contributed by atoms with Crippen molar-refractivity contribution in [3.8, 4) is 0 Å². The van der Waals surface area contributed by atoms with Gasteiger partial charge in [0.1, 0.15) is 0 Å². The number of hydrogen-bond acceptors (Lipinski definition) is 6. The minimum Gasteiger partial charge on any atom is -0.479 e. The predicted octanol–water partition coefficient (Wildman–Crippen LogP) is -0.893. The van der Waals surface area contributed by atoms with E-state index in [0.717, 1.165) is 0 Å². The van der Waals surface area contributed by atoms with Crippen LogP contribution in [0.3, 0.4) is 0 Å². The summed E-state index contributed by atoms with van der Waals surface area (Å²) in [6.45, 7) is 0.990. The van der Waals surface area contributed by atoms with Crippen LogP contribution in [-0.2, 0) is 16.0 Å². The lowest BCUT2D eigenvalue weighted by Crippen LogP contribution is -2.52. The zero-order valence-corrected chi connectivity index (χ0v) is 10.1. The Hall–Kier alpha value is -2.16. The Kier molecular flexibility index (Phi) is 4.29. The molecule has 1 fully saturated rings. The van der Waals surface area contributed by atoms with Crippen LogP contribution >= 0.6 is 0 Å². The van der Waals surface area contributed by atoms with Crippen LogP contribution in [0.5, 0.6) is 0 Å². The molecule has 1 aromatic heterocycles. The van der Waals surface area contributed by atoms with Crippen molar-refractivity contribution < 1.29 is 24.0 Å². The van der Waals surface area contributed by atoms with Gasteiger partial charge in [0, 0.05) is 19.5 Å². The van der Waals surface area contributed by atoms with Gasteiger partial charge in [0.25, 0.3) is 0 Å². The van der Waals surface area contributed by atoms with E-state index in [1.54, 1.807) is 0 Å². The molecule has 9 nitrogen and oxygen atoms in total. The fourth-order valence-electron chi connectivity index (χ4n) is 1.68. The fourth-order valence-corrected chi connectivity index (χ4v) is 1.68. The zero-order chi connectivity index (χ0) is 13.7. The SMILES string of the molecule is O=C(O)C1CN(C(=O)NCCc2ncon2)CCO1. The quantitative estimate of drug-likeness (QED) is 0.728. The summed E-state index contributed by atoms with van der Waals surface area (Å²) in [5.41, 5.74) is 0. The van der Waals surface area contributed by atoms with Crippen molar-refractivity contribution in [2.75, 3.05) is 26.2 Å². The third-order valence-electron chi connectivity index (χ3n) is 2.66. The summed E-state index contributed by atoms with van der Waals surface area (Å²) in [7, 11) is 0. The van der Waals surface area contributed by atoms with Crippen molar-refractivity contribution in [2.45, 2.75) is 12.5 Å². The Labute approximate surface area is 108 Å². The maximum Gasteiger partial charge on any atom is 0.334 e. The molecule has 0 bridgehead atoms. The molecule has 0 aromatic carbocycles. The molecule has 1 unspecified atom stereocenters. The highest BCUT2D eigenvalue weighted by Gasteiger charge is 2.28. The molecule has 1 atom stereocenters. The fraction of sp³-hybridized carbons (Fsp3) is 0.600. The third kappa shape index (κ3) is 3.65. The Morgan fingerprint density at radius 2 is 2.42 bits per heavy atom. The molecule has 1 aromatic rings. The number of urea groups is 1. The lowest BCUT2D eigenvalue weighted by Gasteiger charge is -2.30. The molecule has 0 saturated carbocycles. The smallest absolute Gasteiger partial charge is 0.334 e. The number of ether oxygens (including phenoxy) is 1. The molecular weight excluding hydrogens is 256 g/mol. The van der Waals surface area contributed by atoms with Gasteiger partial charge < -0.3 is 24.6 Å². The molecular formula is C10H14N4O5. The van der Waals surface area contributed by atoms with Gasteiger partial charge in [0.05, 0.1) is 13.2 Å². The molecule has 0 spiro atoms. The minimum absolute atomic E-state index is 0.0450. The molecule has 1 aliphatic rings. The van der Waals surface area contributed by atoms with Gasteiger partial charge in [0.15, 0.2) is 11.9 Å². The summed E-state index contributed by atoms with van der Waals surface area (Å²) in [5.74, 6) is -0.560. The van der Waals surface area contributed by atoms with Crippen molar-refractivity contribution in [2.24, 2.45) is 0 Å². The van der Waals surface area contributed by atoms with Gasteiger partial charge in [0.2, 0.25) is 6.39 Å². The van der Waals surface area contributed by atoms with E-state index in [-0.39, 0.29) is 19.2 Å². The second-order valence-corrected chi connectivity index (χ2v) is 3.97. The number of morpholine rings is 1. The summed E-state index contributed by atoms with van der Waals surface area (Å²) >= 11 is 0. The number of nitrogens with zero attached hydrogens (tertiary/aromatic N) is 3. The van der Waals surface area contributed by atoms with Crippen LogP contribution < -0.4 is 5.32 Å². The number of carbonyl (C=O) groups excluding carboxylic acids is 1. The van der Waals surface area contributed by atoms with Crippen LogP contribution in [0.15, 0.2) is 10.9 Å². The van der Waals surface area contributed by atoms with Gasteiger partial charge in [-0.15, -0.1) is 0 Å². The summed E-state index contributed by atoms with van der Waals surface area (Å²) < 4.78 is 9.59. The van der Waals surface area contributed by atoms with Crippen molar-refractivity contribution in [1.29, 1.82) is 0 Å². The number of nitrogens with one attached hydrogen (secondary N) is 1. The van der Waals surface area contributed by atoms with Crippen LogP contribution in [-0.4, -0.2) is 64.5 Å². The average Bonchev–Trinajstić information content (AvgIpc) is 2.92. The average molecular weight is 270 g/mol. The molecule has 1 saturated heterocycles. The van der Waals surface area contributed by atoms with Crippen molar-refractivity contribution >= 4 is 12.0 Å². The Morgan fingerprint density at radius 3 is 3.11 bits per heavy atom. The van der Waals surface area contributed by atoms with Crippen molar-refractivity contribution in [3.05, 3.63) is 12.2 Å². The molecule has 2 heterocycles. The lowest BCUT2D eigenvalue weighted by atomic mass is 10.3. The van der Waals surface area contributed by atoms with E-state index >= 15 is 0 Å².